The molecule has 0 spiro atoms. The average Bonchev–Trinajstić information content (AvgIpc) is 2.63. The van der Waals surface area contributed by atoms with Crippen molar-refractivity contribution in [2.75, 3.05) is 0 Å². The number of aromatic amines is 1. The standard InChI is InChI=1S/C11H12ClN3O/c1-11(2,3)7(16)10-14-8(12)6-4-5-13-9(6)15-10/h4-5H,1-3H3,(H,13,14,15). The minimum atomic E-state index is -0.510. The van der Waals surface area contributed by atoms with E-state index in [1.807, 2.05) is 20.8 Å². The molecule has 0 aliphatic rings. The quantitative estimate of drug-likeness (QED) is 0.613. The molecule has 0 aliphatic carbocycles. The molecule has 2 rings (SSSR count). The average molecular weight is 238 g/mol. The van der Waals surface area contributed by atoms with Crippen LogP contribution in [0.2, 0.25) is 5.15 Å². The van der Waals surface area contributed by atoms with E-state index >= 15 is 0 Å². The Bertz CT molecular complexity index is 554. The summed E-state index contributed by atoms with van der Waals surface area (Å²) in [4.78, 5) is 23.1. The molecule has 2 aromatic heterocycles. The maximum Gasteiger partial charge on any atom is 0.205 e. The van der Waals surface area contributed by atoms with Crippen LogP contribution in [0.15, 0.2) is 12.3 Å². The summed E-state index contributed by atoms with van der Waals surface area (Å²) in [7, 11) is 0. The number of carbonyl (C=O) groups excluding carboxylic acids is 1. The van der Waals surface area contributed by atoms with Crippen molar-refractivity contribution in [2.45, 2.75) is 20.8 Å². The molecule has 2 heterocycles. The summed E-state index contributed by atoms with van der Waals surface area (Å²) >= 11 is 5.97. The highest BCUT2D eigenvalue weighted by Gasteiger charge is 2.26. The van der Waals surface area contributed by atoms with Gasteiger partial charge >= 0.3 is 0 Å². The number of hydrogen-bond donors (Lipinski definition) is 1. The van der Waals surface area contributed by atoms with Gasteiger partial charge < -0.3 is 4.98 Å². The third kappa shape index (κ3) is 1.80. The SMILES string of the molecule is CC(C)(C)C(=O)c1nc(Cl)c2cc[nH]c2n1. The van der Waals surface area contributed by atoms with Gasteiger partial charge in [-0.3, -0.25) is 4.79 Å². The van der Waals surface area contributed by atoms with Crippen LogP contribution in [0, 0.1) is 5.41 Å². The smallest absolute Gasteiger partial charge is 0.205 e. The molecule has 0 aliphatic heterocycles. The molecule has 0 saturated heterocycles. The molecule has 0 unspecified atom stereocenters. The lowest BCUT2D eigenvalue weighted by molar-refractivity contribution is 0.0847. The first-order valence-corrected chi connectivity index (χ1v) is 5.33. The van der Waals surface area contributed by atoms with Gasteiger partial charge in [0.25, 0.3) is 0 Å². The molecule has 4 nitrogen and oxygen atoms in total. The predicted molar refractivity (Wildman–Crippen MR) is 62.7 cm³/mol. The van der Waals surface area contributed by atoms with E-state index in [1.165, 1.54) is 0 Å². The third-order valence-corrected chi connectivity index (χ3v) is 2.54. The predicted octanol–water partition coefficient (Wildman–Crippen LogP) is 2.84. The molecular formula is C11H12ClN3O. The highest BCUT2D eigenvalue weighted by molar-refractivity contribution is 6.34. The number of rotatable bonds is 1. The van der Waals surface area contributed by atoms with Crippen molar-refractivity contribution >= 4 is 28.4 Å². The van der Waals surface area contributed by atoms with E-state index in [4.69, 9.17) is 11.6 Å². The monoisotopic (exact) mass is 237 g/mol. The Morgan fingerprint density at radius 1 is 1.38 bits per heavy atom. The molecular weight excluding hydrogens is 226 g/mol. The summed E-state index contributed by atoms with van der Waals surface area (Å²) in [5.41, 5.74) is 0.0801. The van der Waals surface area contributed by atoms with Crippen molar-refractivity contribution in [3.63, 3.8) is 0 Å². The van der Waals surface area contributed by atoms with Crippen molar-refractivity contribution in [2.24, 2.45) is 5.41 Å². The first-order valence-electron chi connectivity index (χ1n) is 4.95. The Kier molecular flexibility index (Phi) is 2.46. The fraction of sp³-hybridized carbons (Fsp3) is 0.364. The van der Waals surface area contributed by atoms with E-state index in [9.17, 15) is 4.79 Å². The maximum absolute atomic E-state index is 12.0. The Balaban J connectivity index is 2.58. The van der Waals surface area contributed by atoms with Crippen molar-refractivity contribution in [3.05, 3.63) is 23.2 Å². The summed E-state index contributed by atoms with van der Waals surface area (Å²) in [6.45, 7) is 5.47. The largest absolute Gasteiger partial charge is 0.346 e. The van der Waals surface area contributed by atoms with Crippen LogP contribution in [-0.2, 0) is 0 Å². The van der Waals surface area contributed by atoms with Crippen LogP contribution in [0.1, 0.15) is 31.4 Å². The Morgan fingerprint density at radius 3 is 2.69 bits per heavy atom. The minimum absolute atomic E-state index is 0.120. The lowest BCUT2D eigenvalue weighted by Crippen LogP contribution is -2.22. The molecule has 0 atom stereocenters. The zero-order valence-electron chi connectivity index (χ0n) is 9.34. The molecule has 84 valence electrons. The number of aromatic nitrogens is 3. The molecule has 1 N–H and O–H groups in total. The Labute approximate surface area is 98.1 Å². The molecule has 5 heteroatoms. The maximum atomic E-state index is 12.0. The topological polar surface area (TPSA) is 58.6 Å². The fourth-order valence-electron chi connectivity index (χ4n) is 1.34. The first-order chi connectivity index (χ1) is 7.39. The van der Waals surface area contributed by atoms with Crippen molar-refractivity contribution < 1.29 is 4.79 Å². The summed E-state index contributed by atoms with van der Waals surface area (Å²) in [5, 5.41) is 1.03. The first kappa shape index (κ1) is 11.1. The number of Topliss-reactive ketones (excluding diaryl/α,β-unsaturated/α-hetero) is 1. The second-order valence-corrected chi connectivity index (χ2v) is 5.02. The normalized spacial score (nSPS) is 12.0. The van der Waals surface area contributed by atoms with Crippen LogP contribution in [0.4, 0.5) is 0 Å². The second-order valence-electron chi connectivity index (χ2n) is 4.66. The van der Waals surface area contributed by atoms with Crippen molar-refractivity contribution in [1.82, 2.24) is 15.0 Å². The van der Waals surface area contributed by atoms with Gasteiger partial charge in [0.1, 0.15) is 10.8 Å². The van der Waals surface area contributed by atoms with E-state index in [0.29, 0.717) is 10.8 Å². The van der Waals surface area contributed by atoms with Crippen molar-refractivity contribution in [3.8, 4) is 0 Å². The number of hydrogen-bond acceptors (Lipinski definition) is 3. The van der Waals surface area contributed by atoms with E-state index in [2.05, 4.69) is 15.0 Å². The van der Waals surface area contributed by atoms with Crippen LogP contribution < -0.4 is 0 Å². The molecule has 0 saturated carbocycles. The Morgan fingerprint density at radius 2 is 2.06 bits per heavy atom. The second kappa shape index (κ2) is 3.56. The van der Waals surface area contributed by atoms with E-state index in [-0.39, 0.29) is 11.6 Å². The van der Waals surface area contributed by atoms with Gasteiger partial charge in [-0.1, -0.05) is 32.4 Å². The molecule has 16 heavy (non-hydrogen) atoms. The highest BCUT2D eigenvalue weighted by atomic mass is 35.5. The molecule has 0 radical (unpaired) electrons. The Hall–Kier alpha value is -1.42. The van der Waals surface area contributed by atoms with E-state index in [1.54, 1.807) is 12.3 Å². The van der Waals surface area contributed by atoms with Gasteiger partial charge in [-0.05, 0) is 6.07 Å². The summed E-state index contributed by atoms with van der Waals surface area (Å²) in [5.74, 6) is 0.0401. The van der Waals surface area contributed by atoms with Gasteiger partial charge in [0.15, 0.2) is 5.82 Å². The van der Waals surface area contributed by atoms with Gasteiger partial charge in [-0.2, -0.15) is 0 Å². The van der Waals surface area contributed by atoms with Crippen LogP contribution >= 0.6 is 11.6 Å². The lowest BCUT2D eigenvalue weighted by Gasteiger charge is -2.14. The van der Waals surface area contributed by atoms with Gasteiger partial charge in [0, 0.05) is 11.6 Å². The number of fused-ring (bicyclic) bond motifs is 1. The lowest BCUT2D eigenvalue weighted by atomic mass is 9.90. The number of ketones is 1. The van der Waals surface area contributed by atoms with E-state index in [0.717, 1.165) is 5.39 Å². The van der Waals surface area contributed by atoms with Gasteiger partial charge in [0.05, 0.1) is 5.39 Å². The summed E-state index contributed by atoms with van der Waals surface area (Å²) < 4.78 is 0. The molecule has 0 amide bonds. The molecule has 0 aromatic carbocycles. The number of nitrogens with zero attached hydrogens (tertiary/aromatic N) is 2. The minimum Gasteiger partial charge on any atom is -0.346 e. The highest BCUT2D eigenvalue weighted by Crippen LogP contribution is 2.23. The zero-order valence-corrected chi connectivity index (χ0v) is 10.1. The van der Waals surface area contributed by atoms with Crippen LogP contribution in [0.5, 0.6) is 0 Å². The van der Waals surface area contributed by atoms with Crippen LogP contribution in [-0.4, -0.2) is 20.7 Å². The number of carbonyl (C=O) groups is 1. The molecule has 0 bridgehead atoms. The van der Waals surface area contributed by atoms with Gasteiger partial charge in [-0.25, -0.2) is 9.97 Å². The molecule has 0 fully saturated rings. The third-order valence-electron chi connectivity index (χ3n) is 2.25. The number of nitrogens with one attached hydrogen (secondary N) is 1. The zero-order chi connectivity index (χ0) is 11.9. The van der Waals surface area contributed by atoms with Crippen LogP contribution in [0.25, 0.3) is 11.0 Å². The summed E-state index contributed by atoms with van der Waals surface area (Å²) in [6.07, 6.45) is 1.72. The number of halogens is 1. The fourth-order valence-corrected chi connectivity index (χ4v) is 1.57. The van der Waals surface area contributed by atoms with Gasteiger partial charge in [-0.15, -0.1) is 0 Å². The van der Waals surface area contributed by atoms with Crippen LogP contribution in [0.3, 0.4) is 0 Å². The van der Waals surface area contributed by atoms with Gasteiger partial charge in [0.2, 0.25) is 5.78 Å². The van der Waals surface area contributed by atoms with Crippen molar-refractivity contribution in [1.29, 1.82) is 0 Å². The molecule has 2 aromatic rings. The van der Waals surface area contributed by atoms with E-state index < -0.39 is 5.41 Å². The number of H-pyrrole nitrogens is 1. The summed E-state index contributed by atoms with van der Waals surface area (Å²) in [6, 6.07) is 1.78.